The molecule has 3 saturated heterocycles. The number of rotatable bonds is 2. The Morgan fingerprint density at radius 1 is 1.20 bits per heavy atom. The van der Waals surface area contributed by atoms with Crippen LogP contribution in [0.1, 0.15) is 37.9 Å². The summed E-state index contributed by atoms with van der Waals surface area (Å²) in [6, 6.07) is 1.28. The summed E-state index contributed by atoms with van der Waals surface area (Å²) >= 11 is 0. The van der Waals surface area contributed by atoms with Crippen LogP contribution >= 0.6 is 0 Å². The van der Waals surface area contributed by atoms with Gasteiger partial charge in [0.05, 0.1) is 11.7 Å². The normalized spacial score (nSPS) is 35.8. The van der Waals surface area contributed by atoms with E-state index in [1.54, 1.807) is 6.20 Å². The lowest BCUT2D eigenvalue weighted by Gasteiger charge is -2.34. The van der Waals surface area contributed by atoms with Crippen LogP contribution in [0.5, 0.6) is 0 Å². The molecule has 0 amide bonds. The van der Waals surface area contributed by atoms with Gasteiger partial charge in [-0.3, -0.25) is 19.8 Å². The Labute approximate surface area is 121 Å². The van der Waals surface area contributed by atoms with E-state index in [2.05, 4.69) is 26.7 Å². The molecule has 4 nitrogen and oxygen atoms in total. The molecule has 0 bridgehead atoms. The van der Waals surface area contributed by atoms with E-state index in [0.29, 0.717) is 6.04 Å². The minimum absolute atomic E-state index is 0.409. The molecule has 20 heavy (non-hydrogen) atoms. The molecule has 0 unspecified atom stereocenters. The molecule has 1 aromatic heterocycles. The lowest BCUT2D eigenvalue weighted by Crippen LogP contribution is -2.40. The van der Waals surface area contributed by atoms with Crippen LogP contribution in [0.4, 0.5) is 0 Å². The van der Waals surface area contributed by atoms with Gasteiger partial charge in [-0.1, -0.05) is 6.42 Å². The summed E-state index contributed by atoms with van der Waals surface area (Å²) in [4.78, 5) is 14.1. The van der Waals surface area contributed by atoms with E-state index >= 15 is 0 Å². The monoisotopic (exact) mass is 272 g/mol. The smallest absolute Gasteiger partial charge is 0.0755 e. The summed E-state index contributed by atoms with van der Waals surface area (Å²) in [6.07, 6.45) is 9.76. The largest absolute Gasteiger partial charge is 0.300 e. The van der Waals surface area contributed by atoms with Gasteiger partial charge in [0.2, 0.25) is 0 Å². The Morgan fingerprint density at radius 2 is 2.15 bits per heavy atom. The highest BCUT2D eigenvalue weighted by Crippen LogP contribution is 2.42. The molecule has 0 aromatic carbocycles. The second-order valence-corrected chi connectivity index (χ2v) is 6.74. The number of likely N-dealkylation sites (tertiary alicyclic amines) is 1. The maximum Gasteiger partial charge on any atom is 0.0755 e. The second kappa shape index (κ2) is 5.08. The molecule has 3 aliphatic rings. The number of hydrogen-bond donors (Lipinski definition) is 0. The maximum absolute atomic E-state index is 4.48. The molecule has 4 rings (SSSR count). The highest BCUT2D eigenvalue weighted by molar-refractivity contribution is 5.07. The van der Waals surface area contributed by atoms with Gasteiger partial charge in [0.15, 0.2) is 0 Å². The molecule has 0 spiro atoms. The van der Waals surface area contributed by atoms with E-state index in [1.165, 1.54) is 45.4 Å². The molecule has 4 atom stereocenters. The summed E-state index contributed by atoms with van der Waals surface area (Å²) in [5.74, 6) is 1.78. The first-order valence-electron chi connectivity index (χ1n) is 8.07. The van der Waals surface area contributed by atoms with Gasteiger partial charge in [-0.25, -0.2) is 0 Å². The van der Waals surface area contributed by atoms with E-state index in [4.69, 9.17) is 0 Å². The first kappa shape index (κ1) is 12.7. The lowest BCUT2D eigenvalue weighted by atomic mass is 9.90. The summed E-state index contributed by atoms with van der Waals surface area (Å²) in [5.41, 5.74) is 1.12. The number of hydrogen-bond acceptors (Lipinski definition) is 4. The number of aromatic nitrogens is 2. The summed E-state index contributed by atoms with van der Waals surface area (Å²) in [7, 11) is 0. The van der Waals surface area contributed by atoms with E-state index in [0.717, 1.165) is 23.6 Å². The Bertz CT molecular complexity index is 463. The quantitative estimate of drug-likeness (QED) is 0.824. The van der Waals surface area contributed by atoms with Crippen molar-refractivity contribution in [1.82, 2.24) is 19.8 Å². The molecule has 108 valence electrons. The van der Waals surface area contributed by atoms with Gasteiger partial charge in [0.1, 0.15) is 0 Å². The van der Waals surface area contributed by atoms with Gasteiger partial charge in [-0.05, 0) is 38.1 Å². The van der Waals surface area contributed by atoms with Gasteiger partial charge in [-0.2, -0.15) is 0 Å². The van der Waals surface area contributed by atoms with E-state index in [-0.39, 0.29) is 0 Å². The van der Waals surface area contributed by atoms with Crippen molar-refractivity contribution >= 4 is 0 Å². The van der Waals surface area contributed by atoms with Crippen LogP contribution < -0.4 is 0 Å². The topological polar surface area (TPSA) is 32.3 Å². The fourth-order valence-electron chi connectivity index (χ4n) is 4.62. The lowest BCUT2D eigenvalue weighted by molar-refractivity contribution is 0.142. The molecule has 0 saturated carbocycles. The molecule has 1 aromatic rings. The Balaban J connectivity index is 1.47. The Kier molecular flexibility index (Phi) is 3.23. The average molecular weight is 272 g/mol. The first-order valence-corrected chi connectivity index (χ1v) is 8.07. The van der Waals surface area contributed by atoms with Crippen molar-refractivity contribution in [2.24, 2.45) is 11.8 Å². The van der Waals surface area contributed by atoms with Crippen LogP contribution in [0.3, 0.4) is 0 Å². The zero-order valence-corrected chi connectivity index (χ0v) is 12.3. The number of piperidine rings is 1. The van der Waals surface area contributed by atoms with Gasteiger partial charge in [-0.15, -0.1) is 0 Å². The third kappa shape index (κ3) is 2.06. The van der Waals surface area contributed by atoms with Gasteiger partial charge in [0, 0.05) is 44.3 Å². The third-order valence-corrected chi connectivity index (χ3v) is 5.71. The van der Waals surface area contributed by atoms with Crippen molar-refractivity contribution in [1.29, 1.82) is 0 Å². The summed E-state index contributed by atoms with van der Waals surface area (Å²) in [5, 5.41) is 0. The van der Waals surface area contributed by atoms with Gasteiger partial charge in [0.25, 0.3) is 0 Å². The second-order valence-electron chi connectivity index (χ2n) is 6.74. The van der Waals surface area contributed by atoms with Crippen LogP contribution in [0.15, 0.2) is 18.6 Å². The van der Waals surface area contributed by atoms with Crippen molar-refractivity contribution < 1.29 is 0 Å². The van der Waals surface area contributed by atoms with Crippen LogP contribution in [0.25, 0.3) is 0 Å². The Morgan fingerprint density at radius 3 is 3.00 bits per heavy atom. The number of fused-ring (bicyclic) bond motifs is 3. The van der Waals surface area contributed by atoms with Crippen molar-refractivity contribution in [3.63, 3.8) is 0 Å². The van der Waals surface area contributed by atoms with Crippen molar-refractivity contribution in [2.45, 2.75) is 38.3 Å². The molecule has 0 radical (unpaired) electrons. The fourth-order valence-corrected chi connectivity index (χ4v) is 4.62. The van der Waals surface area contributed by atoms with Crippen molar-refractivity contribution in [3.8, 4) is 0 Å². The molecule has 0 aliphatic carbocycles. The molecule has 4 heteroatoms. The Hall–Kier alpha value is -1.00. The minimum atomic E-state index is 0.409. The molecule has 3 aliphatic heterocycles. The first-order chi connectivity index (χ1) is 9.83. The molecular formula is C16H24N4. The van der Waals surface area contributed by atoms with Crippen molar-refractivity contribution in [2.75, 3.05) is 26.2 Å². The minimum Gasteiger partial charge on any atom is -0.300 e. The van der Waals surface area contributed by atoms with E-state index < -0.39 is 0 Å². The third-order valence-electron chi connectivity index (χ3n) is 5.71. The van der Waals surface area contributed by atoms with Gasteiger partial charge >= 0.3 is 0 Å². The predicted molar refractivity (Wildman–Crippen MR) is 78.2 cm³/mol. The standard InChI is InChI=1S/C16H24N4/c1-12(15-8-17-5-6-18-15)20-10-13-9-19-7-3-2-4-16(19)14(13)11-20/h5-6,8,12-14,16H,2-4,7,9-11H2,1H3/t12-,13+,14-,16-/m1/s1. The SMILES string of the molecule is C[C@H](c1cnccn1)N1C[C@@H]2CN3CCCC[C@@H]3[C@@H]2C1. The molecule has 3 fully saturated rings. The van der Waals surface area contributed by atoms with Gasteiger partial charge < -0.3 is 0 Å². The molecular weight excluding hydrogens is 248 g/mol. The van der Waals surface area contributed by atoms with Crippen LogP contribution in [0, 0.1) is 11.8 Å². The fraction of sp³-hybridized carbons (Fsp3) is 0.750. The number of nitrogens with zero attached hydrogens (tertiary/aromatic N) is 4. The highest BCUT2D eigenvalue weighted by Gasteiger charge is 2.48. The van der Waals surface area contributed by atoms with E-state index in [1.807, 2.05) is 12.4 Å². The average Bonchev–Trinajstić information content (AvgIpc) is 3.05. The molecule has 0 N–H and O–H groups in total. The van der Waals surface area contributed by atoms with Crippen LogP contribution in [-0.4, -0.2) is 52.0 Å². The van der Waals surface area contributed by atoms with Crippen LogP contribution in [0.2, 0.25) is 0 Å². The molecule has 4 heterocycles. The zero-order valence-electron chi connectivity index (χ0n) is 12.3. The zero-order chi connectivity index (χ0) is 13.5. The van der Waals surface area contributed by atoms with Crippen molar-refractivity contribution in [3.05, 3.63) is 24.3 Å². The van der Waals surface area contributed by atoms with Crippen LogP contribution in [-0.2, 0) is 0 Å². The predicted octanol–water partition coefficient (Wildman–Crippen LogP) is 1.95. The van der Waals surface area contributed by atoms with E-state index in [9.17, 15) is 0 Å². The summed E-state index contributed by atoms with van der Waals surface area (Å²) in [6.45, 7) is 7.46. The highest BCUT2D eigenvalue weighted by atomic mass is 15.3. The maximum atomic E-state index is 4.48. The summed E-state index contributed by atoms with van der Waals surface area (Å²) < 4.78 is 0.